The molecule has 0 saturated carbocycles. The Morgan fingerprint density at radius 3 is 3.17 bits per heavy atom. The molecule has 0 unspecified atom stereocenters. The van der Waals surface area contributed by atoms with Crippen molar-refractivity contribution in [2.45, 2.75) is 13.0 Å². The Bertz CT molecular complexity index is 272. The van der Waals surface area contributed by atoms with Crippen molar-refractivity contribution in [1.82, 2.24) is 5.32 Å². The Morgan fingerprint density at radius 2 is 2.33 bits per heavy atom. The van der Waals surface area contributed by atoms with Gasteiger partial charge in [0, 0.05) is 12.2 Å². The molecule has 2 rings (SSSR count). The van der Waals surface area contributed by atoms with Crippen LogP contribution >= 0.6 is 12.8 Å². The summed E-state index contributed by atoms with van der Waals surface area (Å²) in [5.41, 5.74) is 3.95. The molecule has 0 amide bonds. The minimum atomic E-state index is 0.985. The number of fused-ring (bicyclic) bond motifs is 1. The molecule has 2 N–H and O–H groups in total. The minimum Gasteiger partial charge on any atom is -0.332 e. The maximum atomic E-state index is 4.07. The Morgan fingerprint density at radius 1 is 1.42 bits per heavy atom. The molecule has 12 heavy (non-hydrogen) atoms. The minimum absolute atomic E-state index is 0.985. The Hall–Kier alpha value is -0.670. The van der Waals surface area contributed by atoms with Gasteiger partial charge in [-0.1, -0.05) is 24.9 Å². The van der Waals surface area contributed by atoms with Gasteiger partial charge in [-0.15, -0.1) is 0 Å². The molecule has 0 aliphatic carbocycles. The van der Waals surface area contributed by atoms with Gasteiger partial charge >= 0.3 is 0 Å². The van der Waals surface area contributed by atoms with Gasteiger partial charge in [-0.05, 0) is 30.2 Å². The maximum Gasteiger partial charge on any atom is 0.0473 e. The van der Waals surface area contributed by atoms with E-state index in [1.54, 1.807) is 0 Å². The van der Waals surface area contributed by atoms with Gasteiger partial charge in [-0.25, -0.2) is 0 Å². The summed E-state index contributed by atoms with van der Waals surface area (Å²) in [7, 11) is 0. The van der Waals surface area contributed by atoms with Gasteiger partial charge in [-0.3, -0.25) is 0 Å². The molecule has 0 saturated heterocycles. The van der Waals surface area contributed by atoms with Gasteiger partial charge in [0.25, 0.3) is 0 Å². The zero-order chi connectivity index (χ0) is 8.39. The summed E-state index contributed by atoms with van der Waals surface area (Å²) in [6, 6.07) is 6.29. The van der Waals surface area contributed by atoms with Crippen LogP contribution in [0.1, 0.15) is 11.1 Å². The first kappa shape index (κ1) is 7.95. The van der Waals surface area contributed by atoms with Gasteiger partial charge < -0.3 is 10.0 Å². The third-order valence-electron chi connectivity index (χ3n) is 2.26. The Labute approximate surface area is 77.9 Å². The molecule has 0 bridgehead atoms. The lowest BCUT2D eigenvalue weighted by molar-refractivity contribution is 0.645. The standard InChI is InChI=1S/C9H12N2S/c12-11-9-3-1-2-7-6-10-5-4-8(7)9/h1-3,10-12H,4-6H2. The van der Waals surface area contributed by atoms with Gasteiger partial charge in [-0.2, -0.15) is 0 Å². The molecule has 2 nitrogen and oxygen atoms in total. The lowest BCUT2D eigenvalue weighted by Crippen LogP contribution is -2.23. The summed E-state index contributed by atoms with van der Waals surface area (Å²) in [6.45, 7) is 2.05. The first-order valence-corrected chi connectivity index (χ1v) is 4.58. The van der Waals surface area contributed by atoms with Crippen molar-refractivity contribution in [2.75, 3.05) is 11.3 Å². The smallest absolute Gasteiger partial charge is 0.0473 e. The first-order chi connectivity index (χ1) is 5.92. The fourth-order valence-corrected chi connectivity index (χ4v) is 1.85. The molecular formula is C9H12N2S. The van der Waals surface area contributed by atoms with Crippen molar-refractivity contribution in [1.29, 1.82) is 0 Å². The molecule has 1 aromatic rings. The number of thiol groups is 1. The number of rotatable bonds is 1. The maximum absolute atomic E-state index is 4.07. The van der Waals surface area contributed by atoms with Gasteiger partial charge in [0.05, 0.1) is 0 Å². The second-order valence-electron chi connectivity index (χ2n) is 2.98. The van der Waals surface area contributed by atoms with Crippen molar-refractivity contribution in [3.63, 3.8) is 0 Å². The van der Waals surface area contributed by atoms with Crippen LogP contribution in [0.15, 0.2) is 18.2 Å². The van der Waals surface area contributed by atoms with Crippen molar-refractivity contribution in [3.8, 4) is 0 Å². The average Bonchev–Trinajstić information content (AvgIpc) is 2.17. The fraction of sp³-hybridized carbons (Fsp3) is 0.333. The normalized spacial score (nSPS) is 15.4. The van der Waals surface area contributed by atoms with Crippen molar-refractivity contribution >= 4 is 18.5 Å². The molecule has 1 aliphatic rings. The highest BCUT2D eigenvalue weighted by Gasteiger charge is 2.10. The van der Waals surface area contributed by atoms with E-state index >= 15 is 0 Å². The first-order valence-electron chi connectivity index (χ1n) is 4.13. The van der Waals surface area contributed by atoms with Gasteiger partial charge in [0.1, 0.15) is 0 Å². The van der Waals surface area contributed by atoms with Gasteiger partial charge in [0.2, 0.25) is 0 Å². The van der Waals surface area contributed by atoms with Crippen LogP contribution in [-0.4, -0.2) is 6.54 Å². The summed E-state index contributed by atoms with van der Waals surface area (Å²) in [5.74, 6) is 0. The number of nitrogens with one attached hydrogen (secondary N) is 2. The van der Waals surface area contributed by atoms with Crippen molar-refractivity contribution < 1.29 is 0 Å². The third kappa shape index (κ3) is 1.30. The van der Waals surface area contributed by atoms with Crippen molar-refractivity contribution in [2.24, 2.45) is 0 Å². The molecule has 0 atom stereocenters. The Balaban J connectivity index is 2.44. The summed E-state index contributed by atoms with van der Waals surface area (Å²) in [4.78, 5) is 0. The van der Waals surface area contributed by atoms with Crippen LogP contribution in [0, 0.1) is 0 Å². The van der Waals surface area contributed by atoms with E-state index in [0.29, 0.717) is 0 Å². The monoisotopic (exact) mass is 180 g/mol. The van der Waals surface area contributed by atoms with Crippen LogP contribution < -0.4 is 10.0 Å². The lowest BCUT2D eigenvalue weighted by Gasteiger charge is -2.19. The zero-order valence-corrected chi connectivity index (χ0v) is 7.70. The lowest BCUT2D eigenvalue weighted by atomic mass is 9.99. The molecule has 0 aromatic heterocycles. The molecule has 3 heteroatoms. The zero-order valence-electron chi connectivity index (χ0n) is 6.80. The van der Waals surface area contributed by atoms with E-state index < -0.39 is 0 Å². The molecule has 0 radical (unpaired) electrons. The van der Waals surface area contributed by atoms with E-state index in [4.69, 9.17) is 0 Å². The molecule has 0 spiro atoms. The molecule has 64 valence electrons. The van der Waals surface area contributed by atoms with E-state index in [9.17, 15) is 0 Å². The summed E-state index contributed by atoms with van der Waals surface area (Å²) in [6.07, 6.45) is 1.10. The topological polar surface area (TPSA) is 24.1 Å². The number of hydrogen-bond acceptors (Lipinski definition) is 3. The predicted molar refractivity (Wildman–Crippen MR) is 54.5 cm³/mol. The average molecular weight is 180 g/mol. The summed E-state index contributed by atoms with van der Waals surface area (Å²) < 4.78 is 2.92. The van der Waals surface area contributed by atoms with Crippen LogP contribution in [0.4, 0.5) is 5.69 Å². The fourth-order valence-electron chi connectivity index (χ4n) is 1.64. The second kappa shape index (κ2) is 3.37. The van der Waals surface area contributed by atoms with Crippen molar-refractivity contribution in [3.05, 3.63) is 29.3 Å². The van der Waals surface area contributed by atoms with Crippen LogP contribution in [0.5, 0.6) is 0 Å². The largest absolute Gasteiger partial charge is 0.332 e. The van der Waals surface area contributed by atoms with E-state index in [2.05, 4.69) is 41.1 Å². The third-order valence-corrected chi connectivity index (χ3v) is 2.50. The van der Waals surface area contributed by atoms with Crippen LogP contribution in [0.25, 0.3) is 0 Å². The molecule has 0 fully saturated rings. The molecule has 1 heterocycles. The number of benzene rings is 1. The Kier molecular flexibility index (Phi) is 2.23. The summed E-state index contributed by atoms with van der Waals surface area (Å²) in [5, 5.41) is 3.34. The summed E-state index contributed by atoms with van der Waals surface area (Å²) >= 11 is 4.07. The molecular weight excluding hydrogens is 168 g/mol. The predicted octanol–water partition coefficient (Wildman–Crippen LogP) is 1.59. The van der Waals surface area contributed by atoms with E-state index in [0.717, 1.165) is 25.2 Å². The second-order valence-corrected chi connectivity index (χ2v) is 3.21. The number of hydrogen-bond donors (Lipinski definition) is 3. The highest BCUT2D eigenvalue weighted by atomic mass is 32.1. The van der Waals surface area contributed by atoms with Crippen LogP contribution in [0.2, 0.25) is 0 Å². The van der Waals surface area contributed by atoms with E-state index in [1.165, 1.54) is 11.1 Å². The molecule has 1 aliphatic heterocycles. The number of anilines is 1. The SMILES string of the molecule is SNc1cccc2c1CCNC2. The van der Waals surface area contributed by atoms with E-state index in [-0.39, 0.29) is 0 Å². The highest BCUT2D eigenvalue weighted by Crippen LogP contribution is 2.23. The van der Waals surface area contributed by atoms with E-state index in [1.807, 2.05) is 0 Å². The van der Waals surface area contributed by atoms with Crippen LogP contribution in [-0.2, 0) is 13.0 Å². The highest BCUT2D eigenvalue weighted by molar-refractivity contribution is 7.81. The van der Waals surface area contributed by atoms with Gasteiger partial charge in [0.15, 0.2) is 0 Å². The molecule has 1 aromatic carbocycles. The quantitative estimate of drug-likeness (QED) is 0.572. The van der Waals surface area contributed by atoms with Crippen LogP contribution in [0.3, 0.4) is 0 Å².